The zero-order valence-corrected chi connectivity index (χ0v) is 14.1. The minimum absolute atomic E-state index is 0.0532. The van der Waals surface area contributed by atoms with Crippen LogP contribution in [-0.4, -0.2) is 12.5 Å². The van der Waals surface area contributed by atoms with Gasteiger partial charge in [-0.3, -0.25) is 10.2 Å². The molecule has 0 fully saturated rings. The Morgan fingerprint density at radius 3 is 2.43 bits per heavy atom. The van der Waals surface area contributed by atoms with Gasteiger partial charge >= 0.3 is 0 Å². The van der Waals surface area contributed by atoms with E-state index >= 15 is 0 Å². The van der Waals surface area contributed by atoms with E-state index in [2.05, 4.69) is 16.2 Å². The Bertz CT molecular complexity index is 635. The van der Waals surface area contributed by atoms with Crippen LogP contribution < -0.4 is 16.2 Å². The number of nitrogens with one attached hydrogen (secondary N) is 3. The lowest BCUT2D eigenvalue weighted by atomic mass is 10.2. The third kappa shape index (κ3) is 6.59. The highest BCUT2D eigenvalue weighted by molar-refractivity contribution is 6.42. The van der Waals surface area contributed by atoms with Gasteiger partial charge in [-0.15, -0.1) is 0 Å². The quantitative estimate of drug-likeness (QED) is 0.505. The molecule has 122 valence electrons. The second-order valence-electron chi connectivity index (χ2n) is 5.06. The van der Waals surface area contributed by atoms with Crippen LogP contribution in [0.2, 0.25) is 10.0 Å². The molecule has 2 aromatic rings. The Kier molecular flexibility index (Phi) is 7.36. The van der Waals surface area contributed by atoms with Crippen molar-refractivity contribution in [3.63, 3.8) is 0 Å². The molecule has 0 bridgehead atoms. The molecule has 0 aromatic heterocycles. The predicted octanol–water partition coefficient (Wildman–Crippen LogP) is 3.29. The summed E-state index contributed by atoms with van der Waals surface area (Å²) in [7, 11) is 0. The first kappa shape index (κ1) is 17.8. The summed E-state index contributed by atoms with van der Waals surface area (Å²) in [5, 5.41) is 4.27. The molecule has 6 heteroatoms. The van der Waals surface area contributed by atoms with Gasteiger partial charge in [-0.05, 0) is 23.3 Å². The number of rotatable bonds is 8. The van der Waals surface area contributed by atoms with Crippen molar-refractivity contribution in [2.45, 2.75) is 19.5 Å². The van der Waals surface area contributed by atoms with Gasteiger partial charge in [0.2, 0.25) is 5.91 Å². The van der Waals surface area contributed by atoms with Crippen molar-refractivity contribution < 1.29 is 4.79 Å². The topological polar surface area (TPSA) is 53.2 Å². The van der Waals surface area contributed by atoms with Gasteiger partial charge in [0, 0.05) is 26.1 Å². The molecule has 0 atom stereocenters. The number of benzene rings is 2. The van der Waals surface area contributed by atoms with Gasteiger partial charge in [0.15, 0.2) is 0 Å². The van der Waals surface area contributed by atoms with Crippen LogP contribution >= 0.6 is 23.2 Å². The lowest BCUT2D eigenvalue weighted by Gasteiger charge is -2.08. The maximum Gasteiger partial charge on any atom is 0.235 e. The third-order valence-electron chi connectivity index (χ3n) is 3.21. The van der Waals surface area contributed by atoms with E-state index in [1.54, 1.807) is 6.07 Å². The van der Waals surface area contributed by atoms with Gasteiger partial charge in [-0.1, -0.05) is 59.6 Å². The van der Waals surface area contributed by atoms with E-state index in [0.29, 0.717) is 36.1 Å². The first-order chi connectivity index (χ1) is 11.1. The molecule has 23 heavy (non-hydrogen) atoms. The average molecular weight is 352 g/mol. The fraction of sp³-hybridized carbons (Fsp3) is 0.235. The minimum atomic E-state index is -0.0532. The molecule has 4 nitrogen and oxygen atoms in total. The zero-order valence-electron chi connectivity index (χ0n) is 12.6. The molecule has 0 saturated carbocycles. The molecule has 2 aromatic carbocycles. The molecule has 0 aliphatic carbocycles. The number of halogens is 2. The van der Waals surface area contributed by atoms with E-state index in [4.69, 9.17) is 23.2 Å². The molecule has 1 amide bonds. The molecule has 0 heterocycles. The monoisotopic (exact) mass is 351 g/mol. The van der Waals surface area contributed by atoms with Crippen LogP contribution in [0.1, 0.15) is 17.5 Å². The molecule has 0 unspecified atom stereocenters. The highest BCUT2D eigenvalue weighted by Gasteiger charge is 2.02. The Hall–Kier alpha value is -1.59. The highest BCUT2D eigenvalue weighted by atomic mass is 35.5. The largest absolute Gasteiger partial charge is 0.312 e. The van der Waals surface area contributed by atoms with Crippen LogP contribution in [-0.2, 0) is 17.9 Å². The summed E-state index contributed by atoms with van der Waals surface area (Å²) in [4.78, 5) is 11.7. The van der Waals surface area contributed by atoms with Crippen LogP contribution in [0.15, 0.2) is 48.5 Å². The van der Waals surface area contributed by atoms with E-state index in [0.717, 1.165) is 11.1 Å². The van der Waals surface area contributed by atoms with E-state index < -0.39 is 0 Å². The van der Waals surface area contributed by atoms with Crippen LogP contribution in [0.5, 0.6) is 0 Å². The molecule has 2 rings (SSSR count). The van der Waals surface area contributed by atoms with Crippen molar-refractivity contribution in [1.82, 2.24) is 16.2 Å². The Morgan fingerprint density at radius 2 is 1.70 bits per heavy atom. The van der Waals surface area contributed by atoms with Crippen molar-refractivity contribution in [1.29, 1.82) is 0 Å². The smallest absolute Gasteiger partial charge is 0.235 e. The molecule has 0 spiro atoms. The predicted molar refractivity (Wildman–Crippen MR) is 94.2 cm³/mol. The van der Waals surface area contributed by atoms with E-state index in [1.807, 2.05) is 42.5 Å². The summed E-state index contributed by atoms with van der Waals surface area (Å²) in [6.45, 7) is 1.82. The summed E-state index contributed by atoms with van der Waals surface area (Å²) in [5.74, 6) is -0.0532. The number of amides is 1. The van der Waals surface area contributed by atoms with Gasteiger partial charge in [0.05, 0.1) is 10.0 Å². The Labute approximate surface area is 146 Å². The second-order valence-corrected chi connectivity index (χ2v) is 5.88. The highest BCUT2D eigenvalue weighted by Crippen LogP contribution is 2.22. The standard InChI is InChI=1S/C17H19Cl2N3O/c18-15-7-6-14(10-16(15)19)11-20-9-8-17(23)22-21-12-13-4-2-1-3-5-13/h1-7,10,20-21H,8-9,11-12H2,(H,22,23). The van der Waals surface area contributed by atoms with Gasteiger partial charge < -0.3 is 5.32 Å². The van der Waals surface area contributed by atoms with E-state index in [-0.39, 0.29) is 5.91 Å². The number of carbonyl (C=O) groups is 1. The molecular weight excluding hydrogens is 333 g/mol. The molecule has 0 aliphatic rings. The van der Waals surface area contributed by atoms with Crippen LogP contribution in [0, 0.1) is 0 Å². The summed E-state index contributed by atoms with van der Waals surface area (Å²) < 4.78 is 0. The zero-order chi connectivity index (χ0) is 16.5. The second kappa shape index (κ2) is 9.53. The molecule has 3 N–H and O–H groups in total. The van der Waals surface area contributed by atoms with Crippen LogP contribution in [0.3, 0.4) is 0 Å². The van der Waals surface area contributed by atoms with Crippen molar-refractivity contribution >= 4 is 29.1 Å². The Balaban J connectivity index is 1.58. The van der Waals surface area contributed by atoms with Crippen molar-refractivity contribution in [3.05, 3.63) is 69.7 Å². The first-order valence-electron chi connectivity index (χ1n) is 7.35. The van der Waals surface area contributed by atoms with Gasteiger partial charge in [0.25, 0.3) is 0 Å². The fourth-order valence-corrected chi connectivity index (χ4v) is 2.31. The van der Waals surface area contributed by atoms with Crippen molar-refractivity contribution in [2.24, 2.45) is 0 Å². The molecule has 0 aliphatic heterocycles. The van der Waals surface area contributed by atoms with Crippen molar-refractivity contribution in [3.8, 4) is 0 Å². The average Bonchev–Trinajstić information content (AvgIpc) is 2.56. The first-order valence-corrected chi connectivity index (χ1v) is 8.11. The minimum Gasteiger partial charge on any atom is -0.312 e. The van der Waals surface area contributed by atoms with Gasteiger partial charge in [-0.25, -0.2) is 5.43 Å². The molecule has 0 saturated heterocycles. The summed E-state index contributed by atoms with van der Waals surface area (Å²) in [5.41, 5.74) is 7.74. The normalized spacial score (nSPS) is 10.5. The lowest BCUT2D eigenvalue weighted by molar-refractivity contribution is -0.122. The summed E-state index contributed by atoms with van der Waals surface area (Å²) in [6.07, 6.45) is 0.392. The Morgan fingerprint density at radius 1 is 0.913 bits per heavy atom. The van der Waals surface area contributed by atoms with Gasteiger partial charge in [0.1, 0.15) is 0 Å². The third-order valence-corrected chi connectivity index (χ3v) is 3.94. The number of hydrogen-bond donors (Lipinski definition) is 3. The summed E-state index contributed by atoms with van der Waals surface area (Å²) >= 11 is 11.8. The molecule has 0 radical (unpaired) electrons. The lowest BCUT2D eigenvalue weighted by Crippen LogP contribution is -2.38. The number of hydrogen-bond acceptors (Lipinski definition) is 3. The maximum absolute atomic E-state index is 11.7. The number of hydrazine groups is 1. The van der Waals surface area contributed by atoms with E-state index in [9.17, 15) is 4.79 Å². The SMILES string of the molecule is O=C(CCNCc1ccc(Cl)c(Cl)c1)NNCc1ccccc1. The van der Waals surface area contributed by atoms with E-state index in [1.165, 1.54) is 0 Å². The maximum atomic E-state index is 11.7. The van der Waals surface area contributed by atoms with Crippen molar-refractivity contribution in [2.75, 3.05) is 6.54 Å². The van der Waals surface area contributed by atoms with Gasteiger partial charge in [-0.2, -0.15) is 0 Å². The fourth-order valence-electron chi connectivity index (χ4n) is 1.99. The summed E-state index contributed by atoms with van der Waals surface area (Å²) in [6, 6.07) is 15.4. The van der Waals surface area contributed by atoms with Crippen LogP contribution in [0.25, 0.3) is 0 Å². The number of carbonyl (C=O) groups excluding carboxylic acids is 1. The molecular formula is C17H19Cl2N3O. The van der Waals surface area contributed by atoms with Crippen LogP contribution in [0.4, 0.5) is 0 Å².